The van der Waals surface area contributed by atoms with Gasteiger partial charge in [-0.15, -0.1) is 0 Å². The molecule has 1 heterocycles. The smallest absolute Gasteiger partial charge is 0.267 e. The first kappa shape index (κ1) is 17.0. The van der Waals surface area contributed by atoms with Gasteiger partial charge in [-0.3, -0.25) is 9.59 Å². The number of ether oxygens (including phenoxy) is 2. The first-order valence-corrected chi connectivity index (χ1v) is 8.29. The average molecular weight is 343 g/mol. The number of hydrogen-bond acceptors (Lipinski definition) is 5. The number of fused-ring (bicyclic) bond motifs is 1. The van der Waals surface area contributed by atoms with Crippen LogP contribution in [-0.2, 0) is 24.2 Å². The van der Waals surface area contributed by atoms with Gasteiger partial charge in [-0.25, -0.2) is 4.68 Å². The van der Waals surface area contributed by atoms with Gasteiger partial charge < -0.3 is 14.8 Å². The highest BCUT2D eigenvalue weighted by Crippen LogP contribution is 2.17. The molecule has 0 spiro atoms. The monoisotopic (exact) mass is 343 g/mol. The van der Waals surface area contributed by atoms with Crippen molar-refractivity contribution in [3.05, 3.63) is 51.9 Å². The van der Waals surface area contributed by atoms with Crippen molar-refractivity contribution in [1.82, 2.24) is 15.1 Å². The lowest BCUT2D eigenvalue weighted by Gasteiger charge is -2.09. The number of hydrogen-bond donors (Lipinski definition) is 1. The molecule has 3 rings (SSSR count). The summed E-state index contributed by atoms with van der Waals surface area (Å²) < 4.78 is 11.9. The molecule has 0 saturated carbocycles. The number of rotatable bonds is 7. The molecule has 1 amide bonds. The Kier molecular flexibility index (Phi) is 5.33. The van der Waals surface area contributed by atoms with Crippen LogP contribution in [0.2, 0.25) is 0 Å². The highest BCUT2D eigenvalue weighted by molar-refractivity contribution is 5.77. The van der Waals surface area contributed by atoms with Crippen LogP contribution in [0.1, 0.15) is 17.7 Å². The van der Waals surface area contributed by atoms with E-state index in [-0.39, 0.29) is 18.1 Å². The third-order valence-electron chi connectivity index (χ3n) is 4.10. The highest BCUT2D eigenvalue weighted by Gasteiger charge is 2.14. The number of aromatic nitrogens is 2. The third-order valence-corrected chi connectivity index (χ3v) is 4.10. The fourth-order valence-electron chi connectivity index (χ4n) is 2.77. The molecule has 0 radical (unpaired) electrons. The first-order chi connectivity index (χ1) is 12.2. The lowest BCUT2D eigenvalue weighted by atomic mass is 10.2. The lowest BCUT2D eigenvalue weighted by molar-refractivity contribution is -0.123. The molecule has 0 bridgehead atoms. The number of nitrogens with zero attached hydrogens (tertiary/aromatic N) is 2. The molecule has 7 nitrogen and oxygen atoms in total. The molecule has 132 valence electrons. The Hall–Kier alpha value is -2.83. The van der Waals surface area contributed by atoms with Gasteiger partial charge in [-0.05, 0) is 49.1 Å². The summed E-state index contributed by atoms with van der Waals surface area (Å²) in [6, 6.07) is 8.66. The van der Waals surface area contributed by atoms with E-state index < -0.39 is 0 Å². The quantitative estimate of drug-likeness (QED) is 0.809. The summed E-state index contributed by atoms with van der Waals surface area (Å²) in [6.45, 7) is 0.593. The van der Waals surface area contributed by atoms with Gasteiger partial charge in [0.25, 0.3) is 11.5 Å². The van der Waals surface area contributed by atoms with Crippen LogP contribution in [0.25, 0.3) is 0 Å². The largest absolute Gasteiger partial charge is 0.497 e. The van der Waals surface area contributed by atoms with Crippen molar-refractivity contribution in [3.63, 3.8) is 0 Å². The molecule has 0 saturated heterocycles. The zero-order valence-electron chi connectivity index (χ0n) is 14.2. The molecule has 2 aromatic rings. The normalized spacial score (nSPS) is 12.5. The Bertz CT molecular complexity index is 799. The van der Waals surface area contributed by atoms with E-state index in [0.29, 0.717) is 18.8 Å². The number of benzene rings is 1. The molecular weight excluding hydrogens is 322 g/mol. The summed E-state index contributed by atoms with van der Waals surface area (Å²) in [6.07, 6.45) is 2.89. The number of amides is 1. The number of carbonyl (C=O) groups excluding carboxylic acids is 1. The maximum absolute atomic E-state index is 12.0. The molecule has 1 aliphatic carbocycles. The predicted molar refractivity (Wildman–Crippen MR) is 92.0 cm³/mol. The molecule has 1 N–H and O–H groups in total. The van der Waals surface area contributed by atoms with Gasteiger partial charge in [0, 0.05) is 12.6 Å². The Morgan fingerprint density at radius 3 is 2.76 bits per heavy atom. The van der Waals surface area contributed by atoms with E-state index in [1.165, 1.54) is 4.68 Å². The Labute approximate surface area is 145 Å². The minimum Gasteiger partial charge on any atom is -0.497 e. The van der Waals surface area contributed by atoms with Crippen LogP contribution in [0.15, 0.2) is 35.1 Å². The van der Waals surface area contributed by atoms with Crippen molar-refractivity contribution in [2.75, 3.05) is 20.3 Å². The maximum Gasteiger partial charge on any atom is 0.267 e. The van der Waals surface area contributed by atoms with Crippen molar-refractivity contribution < 1.29 is 14.3 Å². The van der Waals surface area contributed by atoms with Gasteiger partial charge in [0.15, 0.2) is 6.61 Å². The Morgan fingerprint density at radius 1 is 1.24 bits per heavy atom. The van der Waals surface area contributed by atoms with Crippen molar-refractivity contribution in [2.24, 2.45) is 0 Å². The Balaban J connectivity index is 1.44. The van der Waals surface area contributed by atoms with Crippen molar-refractivity contribution >= 4 is 5.91 Å². The summed E-state index contributed by atoms with van der Waals surface area (Å²) in [4.78, 5) is 23.8. The number of aryl methyl sites for hydroxylation is 2. The van der Waals surface area contributed by atoms with E-state index in [1.54, 1.807) is 37.4 Å². The van der Waals surface area contributed by atoms with Crippen LogP contribution in [0.5, 0.6) is 11.5 Å². The summed E-state index contributed by atoms with van der Waals surface area (Å²) >= 11 is 0. The second kappa shape index (κ2) is 7.83. The summed E-state index contributed by atoms with van der Waals surface area (Å²) in [7, 11) is 1.59. The van der Waals surface area contributed by atoms with Gasteiger partial charge in [0.1, 0.15) is 11.5 Å². The molecule has 0 fully saturated rings. The molecule has 0 unspecified atom stereocenters. The first-order valence-electron chi connectivity index (χ1n) is 8.29. The van der Waals surface area contributed by atoms with Crippen LogP contribution in [-0.4, -0.2) is 35.9 Å². The van der Waals surface area contributed by atoms with Crippen LogP contribution >= 0.6 is 0 Å². The number of nitrogens with one attached hydrogen (secondary N) is 1. The molecule has 7 heteroatoms. The van der Waals surface area contributed by atoms with E-state index in [1.807, 2.05) is 0 Å². The molecule has 1 aliphatic rings. The topological polar surface area (TPSA) is 82.4 Å². The SMILES string of the molecule is COc1ccc(OCC(=O)NCCn2nc3c(cc2=O)CCC3)cc1. The molecule has 0 atom stereocenters. The van der Waals surface area contributed by atoms with Crippen LogP contribution in [0.3, 0.4) is 0 Å². The minimum absolute atomic E-state index is 0.0845. The Morgan fingerprint density at radius 2 is 2.00 bits per heavy atom. The molecular formula is C18H21N3O4. The van der Waals surface area contributed by atoms with Gasteiger partial charge in [-0.1, -0.05) is 0 Å². The minimum atomic E-state index is -0.245. The highest BCUT2D eigenvalue weighted by atomic mass is 16.5. The summed E-state index contributed by atoms with van der Waals surface area (Å²) in [5, 5.41) is 7.10. The predicted octanol–water partition coefficient (Wildman–Crippen LogP) is 0.936. The number of methoxy groups -OCH3 is 1. The molecule has 1 aromatic heterocycles. The zero-order chi connectivity index (χ0) is 17.6. The van der Waals surface area contributed by atoms with Gasteiger partial charge in [0.05, 0.1) is 19.3 Å². The van der Waals surface area contributed by atoms with E-state index >= 15 is 0 Å². The fourth-order valence-corrected chi connectivity index (χ4v) is 2.77. The summed E-state index contributed by atoms with van der Waals surface area (Å²) in [5.74, 6) is 1.07. The third kappa shape index (κ3) is 4.37. The van der Waals surface area contributed by atoms with Crippen LogP contribution < -0.4 is 20.3 Å². The summed E-state index contributed by atoms with van der Waals surface area (Å²) in [5.41, 5.74) is 1.93. The van der Waals surface area contributed by atoms with E-state index in [4.69, 9.17) is 9.47 Å². The van der Waals surface area contributed by atoms with E-state index in [2.05, 4.69) is 10.4 Å². The zero-order valence-corrected chi connectivity index (χ0v) is 14.2. The van der Waals surface area contributed by atoms with Crippen molar-refractivity contribution in [3.8, 4) is 11.5 Å². The van der Waals surface area contributed by atoms with Crippen molar-refractivity contribution in [2.45, 2.75) is 25.8 Å². The fraction of sp³-hybridized carbons (Fsp3) is 0.389. The van der Waals surface area contributed by atoms with E-state index in [0.717, 1.165) is 36.3 Å². The average Bonchev–Trinajstić information content (AvgIpc) is 3.07. The molecule has 1 aromatic carbocycles. The van der Waals surface area contributed by atoms with Crippen LogP contribution in [0.4, 0.5) is 0 Å². The maximum atomic E-state index is 12.0. The standard InChI is InChI=1S/C18H21N3O4/c1-24-14-5-7-15(8-6-14)25-12-17(22)19-9-10-21-18(23)11-13-3-2-4-16(13)20-21/h5-8,11H,2-4,9-10,12H2,1H3,(H,19,22). The van der Waals surface area contributed by atoms with Gasteiger partial charge in [0.2, 0.25) is 0 Å². The van der Waals surface area contributed by atoms with Crippen LogP contribution in [0, 0.1) is 0 Å². The van der Waals surface area contributed by atoms with Crippen molar-refractivity contribution in [1.29, 1.82) is 0 Å². The lowest BCUT2D eigenvalue weighted by Crippen LogP contribution is -2.34. The second-order valence-electron chi connectivity index (χ2n) is 5.85. The number of carbonyl (C=O) groups is 1. The van der Waals surface area contributed by atoms with Gasteiger partial charge in [-0.2, -0.15) is 5.10 Å². The molecule has 25 heavy (non-hydrogen) atoms. The van der Waals surface area contributed by atoms with E-state index in [9.17, 15) is 9.59 Å². The van der Waals surface area contributed by atoms with Gasteiger partial charge >= 0.3 is 0 Å². The molecule has 0 aliphatic heterocycles. The second-order valence-corrected chi connectivity index (χ2v) is 5.85.